The molecule has 1 aromatic carbocycles. The Bertz CT molecular complexity index is 742. The average molecular weight is 347 g/mol. The van der Waals surface area contributed by atoms with Crippen LogP contribution < -0.4 is 0 Å². The summed E-state index contributed by atoms with van der Waals surface area (Å²) in [4.78, 5) is 14.9. The molecular weight excluding hydrogens is 328 g/mol. The van der Waals surface area contributed by atoms with E-state index < -0.39 is 11.0 Å². The maximum Gasteiger partial charge on any atom is 0.233 e. The van der Waals surface area contributed by atoms with E-state index in [1.165, 1.54) is 6.20 Å². The van der Waals surface area contributed by atoms with Crippen molar-refractivity contribution in [3.63, 3.8) is 0 Å². The standard InChI is InChI=1S/C17H19ClN4O2/c18-13-4-2-12(3-5-13)16(7-8-16)15(23)22-9-1-6-17(24,11-22)14-10-19-21-20-14/h2-5,10,24H,1,6-9,11H2,(H,19,20,21). The predicted octanol–water partition coefficient (Wildman–Crippen LogP) is 2.00. The molecule has 2 heterocycles. The molecule has 1 saturated heterocycles. The zero-order valence-corrected chi connectivity index (χ0v) is 14.0. The number of H-pyrrole nitrogens is 1. The van der Waals surface area contributed by atoms with Crippen LogP contribution in [0.2, 0.25) is 5.02 Å². The van der Waals surface area contributed by atoms with Crippen LogP contribution in [0, 0.1) is 0 Å². The Morgan fingerprint density at radius 2 is 2.00 bits per heavy atom. The summed E-state index contributed by atoms with van der Waals surface area (Å²) >= 11 is 5.96. The molecule has 1 unspecified atom stereocenters. The van der Waals surface area contributed by atoms with Gasteiger partial charge in [-0.25, -0.2) is 0 Å². The summed E-state index contributed by atoms with van der Waals surface area (Å²) in [6.07, 6.45) is 4.53. The van der Waals surface area contributed by atoms with Crippen molar-refractivity contribution in [2.75, 3.05) is 13.1 Å². The van der Waals surface area contributed by atoms with Gasteiger partial charge >= 0.3 is 0 Å². The highest BCUT2D eigenvalue weighted by Gasteiger charge is 2.54. The first kappa shape index (κ1) is 15.6. The maximum absolute atomic E-state index is 13.2. The van der Waals surface area contributed by atoms with Crippen LogP contribution in [-0.4, -0.2) is 44.4 Å². The van der Waals surface area contributed by atoms with Crippen LogP contribution in [0.15, 0.2) is 30.5 Å². The number of rotatable bonds is 3. The minimum atomic E-state index is -1.13. The van der Waals surface area contributed by atoms with Crippen molar-refractivity contribution in [2.45, 2.75) is 36.7 Å². The highest BCUT2D eigenvalue weighted by molar-refractivity contribution is 6.30. The van der Waals surface area contributed by atoms with E-state index in [0.29, 0.717) is 23.7 Å². The largest absolute Gasteiger partial charge is 0.382 e. The summed E-state index contributed by atoms with van der Waals surface area (Å²) in [5, 5.41) is 21.9. The third kappa shape index (κ3) is 2.50. The lowest BCUT2D eigenvalue weighted by atomic mass is 9.87. The van der Waals surface area contributed by atoms with Gasteiger partial charge in [0.25, 0.3) is 0 Å². The molecule has 1 aromatic heterocycles. The lowest BCUT2D eigenvalue weighted by Crippen LogP contribution is -2.51. The second-order valence-electron chi connectivity index (χ2n) is 6.81. The van der Waals surface area contributed by atoms with Crippen LogP contribution in [0.3, 0.4) is 0 Å². The minimum absolute atomic E-state index is 0.0893. The van der Waals surface area contributed by atoms with E-state index in [1.807, 2.05) is 24.3 Å². The van der Waals surface area contributed by atoms with Gasteiger partial charge in [-0.2, -0.15) is 15.4 Å². The number of halogens is 1. The fraction of sp³-hybridized carbons (Fsp3) is 0.471. The predicted molar refractivity (Wildman–Crippen MR) is 88.5 cm³/mol. The lowest BCUT2D eigenvalue weighted by Gasteiger charge is -2.39. The number of nitrogens with zero attached hydrogens (tertiary/aromatic N) is 3. The van der Waals surface area contributed by atoms with Crippen LogP contribution >= 0.6 is 11.6 Å². The van der Waals surface area contributed by atoms with Crippen LogP contribution in [-0.2, 0) is 15.8 Å². The molecule has 1 saturated carbocycles. The molecule has 126 valence electrons. The number of likely N-dealkylation sites (tertiary alicyclic amines) is 1. The number of carbonyl (C=O) groups is 1. The second kappa shape index (κ2) is 5.57. The highest BCUT2D eigenvalue weighted by atomic mass is 35.5. The normalized spacial score (nSPS) is 25.5. The third-order valence-corrected chi connectivity index (χ3v) is 5.46. The Hall–Kier alpha value is -1.92. The quantitative estimate of drug-likeness (QED) is 0.890. The lowest BCUT2D eigenvalue weighted by molar-refractivity contribution is -0.141. The molecule has 7 heteroatoms. The number of hydrogen-bond donors (Lipinski definition) is 2. The van der Waals surface area contributed by atoms with E-state index in [9.17, 15) is 9.90 Å². The molecule has 1 amide bonds. The van der Waals surface area contributed by atoms with Crippen molar-refractivity contribution >= 4 is 17.5 Å². The van der Waals surface area contributed by atoms with E-state index in [-0.39, 0.29) is 12.5 Å². The summed E-state index contributed by atoms with van der Waals surface area (Å²) in [6, 6.07) is 7.51. The summed E-state index contributed by atoms with van der Waals surface area (Å²) in [5.41, 5.74) is -0.0762. The smallest absolute Gasteiger partial charge is 0.233 e. The Labute approximate surface area is 144 Å². The molecule has 1 aliphatic heterocycles. The molecule has 1 atom stereocenters. The van der Waals surface area contributed by atoms with Gasteiger partial charge in [-0.05, 0) is 43.4 Å². The summed E-state index contributed by atoms with van der Waals surface area (Å²) in [6.45, 7) is 0.919. The van der Waals surface area contributed by atoms with Crippen LogP contribution in [0.5, 0.6) is 0 Å². The van der Waals surface area contributed by atoms with E-state index in [2.05, 4.69) is 15.4 Å². The number of amides is 1. The number of aliphatic hydroxyl groups is 1. The zero-order chi connectivity index (χ0) is 16.8. The van der Waals surface area contributed by atoms with Gasteiger partial charge in [0.15, 0.2) is 0 Å². The van der Waals surface area contributed by atoms with Gasteiger partial charge in [-0.3, -0.25) is 4.79 Å². The van der Waals surface area contributed by atoms with E-state index >= 15 is 0 Å². The Morgan fingerprint density at radius 1 is 1.25 bits per heavy atom. The summed E-state index contributed by atoms with van der Waals surface area (Å²) in [5.74, 6) is 0.0893. The van der Waals surface area contributed by atoms with Crippen LogP contribution in [0.1, 0.15) is 36.9 Å². The average Bonchev–Trinajstić information content (AvgIpc) is 3.19. The number of carbonyl (C=O) groups excluding carboxylic acids is 1. The monoisotopic (exact) mass is 346 g/mol. The minimum Gasteiger partial charge on any atom is -0.382 e. The molecule has 2 fully saturated rings. The molecule has 0 radical (unpaired) electrons. The van der Waals surface area contributed by atoms with Gasteiger partial charge in [0.1, 0.15) is 11.3 Å². The van der Waals surface area contributed by atoms with Crippen molar-refractivity contribution in [1.82, 2.24) is 20.3 Å². The number of aromatic nitrogens is 3. The van der Waals surface area contributed by atoms with Gasteiger partial charge in [0.05, 0.1) is 18.2 Å². The Morgan fingerprint density at radius 3 is 2.62 bits per heavy atom. The SMILES string of the molecule is O=C(N1CCCC(O)(c2cn[nH]n2)C1)C1(c2ccc(Cl)cc2)CC1. The number of nitrogens with one attached hydrogen (secondary N) is 1. The fourth-order valence-electron chi connectivity index (χ4n) is 3.67. The topological polar surface area (TPSA) is 82.1 Å². The first-order valence-corrected chi connectivity index (χ1v) is 8.55. The van der Waals surface area contributed by atoms with Crippen molar-refractivity contribution in [3.05, 3.63) is 46.7 Å². The summed E-state index contributed by atoms with van der Waals surface area (Å²) < 4.78 is 0. The van der Waals surface area contributed by atoms with E-state index in [1.54, 1.807) is 4.90 Å². The van der Waals surface area contributed by atoms with Gasteiger partial charge < -0.3 is 10.0 Å². The molecule has 2 aliphatic rings. The molecule has 0 bridgehead atoms. The third-order valence-electron chi connectivity index (χ3n) is 5.21. The molecule has 2 aromatic rings. The van der Waals surface area contributed by atoms with E-state index in [0.717, 1.165) is 24.8 Å². The molecular formula is C17H19ClN4O2. The summed E-state index contributed by atoms with van der Waals surface area (Å²) in [7, 11) is 0. The highest BCUT2D eigenvalue weighted by Crippen LogP contribution is 2.50. The number of hydrogen-bond acceptors (Lipinski definition) is 4. The Kier molecular flexibility index (Phi) is 3.62. The molecule has 1 aliphatic carbocycles. The van der Waals surface area contributed by atoms with Crippen molar-refractivity contribution in [3.8, 4) is 0 Å². The van der Waals surface area contributed by atoms with Gasteiger partial charge in [-0.15, -0.1) is 0 Å². The number of benzene rings is 1. The van der Waals surface area contributed by atoms with E-state index in [4.69, 9.17) is 11.6 Å². The first-order chi connectivity index (χ1) is 11.5. The second-order valence-corrected chi connectivity index (χ2v) is 7.24. The molecule has 2 N–H and O–H groups in total. The zero-order valence-electron chi connectivity index (χ0n) is 13.2. The number of β-amino-alcohol motifs (C(OH)–C–C–N with tert-alkyl or cyclic N) is 1. The van der Waals surface area contributed by atoms with Crippen LogP contribution in [0.4, 0.5) is 0 Å². The van der Waals surface area contributed by atoms with Crippen LogP contribution in [0.25, 0.3) is 0 Å². The number of piperidine rings is 1. The first-order valence-electron chi connectivity index (χ1n) is 8.18. The van der Waals surface area contributed by atoms with Gasteiger partial charge in [-0.1, -0.05) is 23.7 Å². The van der Waals surface area contributed by atoms with Crippen molar-refractivity contribution in [1.29, 1.82) is 0 Å². The Balaban J connectivity index is 1.57. The molecule has 6 nitrogen and oxygen atoms in total. The van der Waals surface area contributed by atoms with Crippen molar-refractivity contribution < 1.29 is 9.90 Å². The van der Waals surface area contributed by atoms with Gasteiger partial charge in [0, 0.05) is 11.6 Å². The van der Waals surface area contributed by atoms with Gasteiger partial charge in [0.2, 0.25) is 5.91 Å². The fourth-order valence-corrected chi connectivity index (χ4v) is 3.79. The molecule has 4 rings (SSSR count). The molecule has 0 spiro atoms. The maximum atomic E-state index is 13.2. The molecule has 24 heavy (non-hydrogen) atoms. The van der Waals surface area contributed by atoms with Crippen molar-refractivity contribution in [2.24, 2.45) is 0 Å². The number of aromatic amines is 1.